The molecule has 11 heavy (non-hydrogen) atoms. The van der Waals surface area contributed by atoms with Gasteiger partial charge in [-0.25, -0.2) is 0 Å². The maximum Gasteiger partial charge on any atom is 0.318 e. The monoisotopic (exact) mass is 156 g/mol. The topological polar surface area (TPSA) is 96.2 Å². The molecular formula is C5H4N2O4. The molecule has 0 aliphatic carbocycles. The molecule has 0 atom stereocenters. The lowest BCUT2D eigenvalue weighted by molar-refractivity contribution is -0.386. The minimum atomic E-state index is -0.863. The van der Waals surface area contributed by atoms with Gasteiger partial charge in [0.1, 0.15) is 0 Å². The van der Waals surface area contributed by atoms with Gasteiger partial charge >= 0.3 is 5.69 Å². The van der Waals surface area contributed by atoms with Crippen molar-refractivity contribution in [2.75, 3.05) is 0 Å². The second-order valence-corrected chi connectivity index (χ2v) is 1.80. The van der Waals surface area contributed by atoms with Crippen LogP contribution in [0.3, 0.4) is 0 Å². The van der Waals surface area contributed by atoms with E-state index in [4.69, 9.17) is 5.11 Å². The Morgan fingerprint density at radius 1 is 1.64 bits per heavy atom. The summed E-state index contributed by atoms with van der Waals surface area (Å²) in [6.07, 6.45) is 1.10. The highest BCUT2D eigenvalue weighted by molar-refractivity contribution is 5.41. The van der Waals surface area contributed by atoms with Crippen LogP contribution in [0.15, 0.2) is 17.1 Å². The molecule has 1 rings (SSSR count). The van der Waals surface area contributed by atoms with Gasteiger partial charge in [0.25, 0.3) is 11.3 Å². The molecule has 0 aliphatic heterocycles. The molecule has 0 radical (unpaired) electrons. The molecule has 0 bridgehead atoms. The summed E-state index contributed by atoms with van der Waals surface area (Å²) in [4.78, 5) is 21.9. The van der Waals surface area contributed by atoms with E-state index in [-0.39, 0.29) is 0 Å². The van der Waals surface area contributed by atoms with Gasteiger partial charge in [0.05, 0.1) is 4.92 Å². The Labute approximate surface area is 60.3 Å². The second kappa shape index (κ2) is 2.41. The lowest BCUT2D eigenvalue weighted by Gasteiger charge is -1.91. The molecule has 0 unspecified atom stereocenters. The van der Waals surface area contributed by atoms with Crippen molar-refractivity contribution in [3.63, 3.8) is 0 Å². The van der Waals surface area contributed by atoms with Crippen LogP contribution in [0, 0.1) is 10.1 Å². The van der Waals surface area contributed by atoms with E-state index < -0.39 is 21.9 Å². The third kappa shape index (κ3) is 1.18. The molecule has 0 amide bonds. The average molecular weight is 156 g/mol. The van der Waals surface area contributed by atoms with Crippen molar-refractivity contribution < 1.29 is 10.0 Å². The minimum absolute atomic E-state index is 0.589. The lowest BCUT2D eigenvalue weighted by atomic mass is 10.4. The number of aromatic amines is 1. The molecule has 0 saturated carbocycles. The molecule has 0 fully saturated rings. The zero-order valence-corrected chi connectivity index (χ0v) is 5.27. The number of nitrogens with zero attached hydrogens (tertiary/aromatic N) is 1. The van der Waals surface area contributed by atoms with Gasteiger partial charge in [0.2, 0.25) is 0 Å². The van der Waals surface area contributed by atoms with Crippen molar-refractivity contribution in [1.82, 2.24) is 4.98 Å². The zero-order chi connectivity index (χ0) is 8.43. The fraction of sp³-hybridized carbons (Fsp3) is 0. The Balaban J connectivity index is 3.39. The first-order valence-electron chi connectivity index (χ1n) is 2.68. The van der Waals surface area contributed by atoms with Crippen LogP contribution in [-0.4, -0.2) is 15.0 Å². The number of nitrogens with one attached hydrogen (secondary N) is 1. The summed E-state index contributed by atoms with van der Waals surface area (Å²) >= 11 is 0. The Morgan fingerprint density at radius 3 is 2.73 bits per heavy atom. The molecule has 1 aromatic rings. The summed E-state index contributed by atoms with van der Waals surface area (Å²) in [6.45, 7) is 0. The molecule has 0 saturated heterocycles. The van der Waals surface area contributed by atoms with Crippen LogP contribution in [0.2, 0.25) is 0 Å². The summed E-state index contributed by atoms with van der Waals surface area (Å²) in [6, 6.07) is 1.01. The van der Waals surface area contributed by atoms with Gasteiger partial charge in [-0.05, 0) is 0 Å². The molecular weight excluding hydrogens is 152 g/mol. The van der Waals surface area contributed by atoms with Gasteiger partial charge in [0, 0.05) is 12.3 Å². The number of nitro groups is 1. The third-order valence-corrected chi connectivity index (χ3v) is 1.11. The molecule has 1 aromatic heterocycles. The maximum atomic E-state index is 10.5. The normalized spacial score (nSPS) is 9.45. The van der Waals surface area contributed by atoms with Gasteiger partial charge in [-0.15, -0.1) is 0 Å². The highest BCUT2D eigenvalue weighted by atomic mass is 16.6. The molecule has 0 spiro atoms. The molecule has 58 valence electrons. The van der Waals surface area contributed by atoms with E-state index in [0.29, 0.717) is 0 Å². The van der Waals surface area contributed by atoms with Gasteiger partial charge < -0.3 is 10.1 Å². The summed E-state index contributed by atoms with van der Waals surface area (Å²) in [7, 11) is 0. The summed E-state index contributed by atoms with van der Waals surface area (Å²) in [5, 5.41) is 18.8. The molecule has 0 aromatic carbocycles. The number of aromatic nitrogens is 1. The van der Waals surface area contributed by atoms with Crippen LogP contribution < -0.4 is 5.56 Å². The number of hydrogen-bond acceptors (Lipinski definition) is 4. The quantitative estimate of drug-likeness (QED) is 0.441. The highest BCUT2D eigenvalue weighted by Gasteiger charge is 2.14. The Kier molecular flexibility index (Phi) is 1.59. The van der Waals surface area contributed by atoms with Crippen molar-refractivity contribution in [3.8, 4) is 5.75 Å². The summed E-state index contributed by atoms with van der Waals surface area (Å²) in [5.41, 5.74) is -1.45. The SMILES string of the molecule is O=c1[nH]ccc([N+](=O)[O-])c1O. The number of rotatable bonds is 1. The van der Waals surface area contributed by atoms with E-state index in [1.807, 2.05) is 0 Å². The smallest absolute Gasteiger partial charge is 0.318 e. The van der Waals surface area contributed by atoms with Gasteiger partial charge in [-0.3, -0.25) is 14.9 Å². The number of H-pyrrole nitrogens is 1. The Hall–Kier alpha value is -1.85. The van der Waals surface area contributed by atoms with Crippen molar-refractivity contribution in [2.45, 2.75) is 0 Å². The molecule has 6 nitrogen and oxygen atoms in total. The fourth-order valence-electron chi connectivity index (χ4n) is 0.607. The summed E-state index contributed by atoms with van der Waals surface area (Å²) < 4.78 is 0. The Morgan fingerprint density at radius 2 is 2.27 bits per heavy atom. The van der Waals surface area contributed by atoms with Crippen molar-refractivity contribution in [1.29, 1.82) is 0 Å². The van der Waals surface area contributed by atoms with E-state index in [1.165, 1.54) is 0 Å². The van der Waals surface area contributed by atoms with E-state index in [2.05, 4.69) is 4.98 Å². The van der Waals surface area contributed by atoms with Crippen LogP contribution >= 0.6 is 0 Å². The largest absolute Gasteiger partial charge is 0.498 e. The van der Waals surface area contributed by atoms with Crippen molar-refractivity contribution in [2.24, 2.45) is 0 Å². The predicted molar refractivity (Wildman–Crippen MR) is 35.4 cm³/mol. The summed E-state index contributed by atoms with van der Waals surface area (Å²) in [5.74, 6) is -0.863. The average Bonchev–Trinajstić information content (AvgIpc) is 1.94. The Bertz CT molecular complexity index is 343. The zero-order valence-electron chi connectivity index (χ0n) is 5.27. The van der Waals surface area contributed by atoms with E-state index in [0.717, 1.165) is 12.3 Å². The van der Waals surface area contributed by atoms with Crippen molar-refractivity contribution >= 4 is 5.69 Å². The fourth-order valence-corrected chi connectivity index (χ4v) is 0.607. The molecule has 2 N–H and O–H groups in total. The first-order chi connectivity index (χ1) is 5.13. The molecule has 0 aliphatic rings. The van der Waals surface area contributed by atoms with Gasteiger partial charge in [0.15, 0.2) is 0 Å². The number of aromatic hydroxyl groups is 1. The van der Waals surface area contributed by atoms with E-state index >= 15 is 0 Å². The van der Waals surface area contributed by atoms with Crippen molar-refractivity contribution in [3.05, 3.63) is 32.7 Å². The van der Waals surface area contributed by atoms with Gasteiger partial charge in [-0.2, -0.15) is 0 Å². The van der Waals surface area contributed by atoms with Crippen LogP contribution in [0.1, 0.15) is 0 Å². The lowest BCUT2D eigenvalue weighted by Crippen LogP contribution is -2.05. The van der Waals surface area contributed by atoms with E-state index in [1.54, 1.807) is 0 Å². The van der Waals surface area contributed by atoms with Crippen LogP contribution in [0.4, 0.5) is 5.69 Å². The first kappa shape index (κ1) is 7.26. The number of pyridine rings is 1. The van der Waals surface area contributed by atoms with E-state index in [9.17, 15) is 14.9 Å². The third-order valence-electron chi connectivity index (χ3n) is 1.11. The second-order valence-electron chi connectivity index (χ2n) is 1.80. The predicted octanol–water partition coefficient (Wildman–Crippen LogP) is -0.0113. The molecule has 1 heterocycles. The first-order valence-corrected chi connectivity index (χ1v) is 2.68. The standard InChI is InChI=1S/C5H4N2O4/c8-4-3(7(10)11)1-2-6-5(4)9/h1-2,8H,(H,6,9). The highest BCUT2D eigenvalue weighted by Crippen LogP contribution is 2.17. The number of hydrogen-bond donors (Lipinski definition) is 2. The molecule has 6 heteroatoms. The van der Waals surface area contributed by atoms with Crippen LogP contribution in [0.5, 0.6) is 5.75 Å². The minimum Gasteiger partial charge on any atom is -0.498 e. The maximum absolute atomic E-state index is 10.5. The van der Waals surface area contributed by atoms with Crippen LogP contribution in [-0.2, 0) is 0 Å². The van der Waals surface area contributed by atoms with Gasteiger partial charge in [-0.1, -0.05) is 0 Å². The van der Waals surface area contributed by atoms with Crippen LogP contribution in [0.25, 0.3) is 0 Å².